The zero-order chi connectivity index (χ0) is 21.8. The van der Waals surface area contributed by atoms with Crippen molar-refractivity contribution < 1.29 is 0 Å². The topological polar surface area (TPSA) is 31.2 Å². The molecule has 4 aromatic carbocycles. The average molecular weight is 421 g/mol. The van der Waals surface area contributed by atoms with E-state index in [-0.39, 0.29) is 0 Å². The van der Waals surface area contributed by atoms with Crippen LogP contribution >= 0.6 is 0 Å². The molecule has 160 valence electrons. The van der Waals surface area contributed by atoms with E-state index < -0.39 is 0 Å². The lowest BCUT2D eigenvalue weighted by Crippen LogP contribution is -2.20. The Labute approximate surface area is 190 Å². The van der Waals surface area contributed by atoms with Crippen LogP contribution in [-0.4, -0.2) is 10.0 Å². The van der Waals surface area contributed by atoms with Gasteiger partial charge >= 0.3 is 0 Å². The van der Waals surface area contributed by atoms with E-state index in [0.29, 0.717) is 26.2 Å². The third-order valence-electron chi connectivity index (χ3n) is 5.12. The summed E-state index contributed by atoms with van der Waals surface area (Å²) in [7, 11) is 0. The van der Waals surface area contributed by atoms with Gasteiger partial charge in [-0.25, -0.2) is 0 Å². The van der Waals surface area contributed by atoms with Crippen LogP contribution in [0.5, 0.6) is 0 Å². The molecular formula is C28H28N4. The van der Waals surface area contributed by atoms with Crippen LogP contribution in [0.2, 0.25) is 0 Å². The van der Waals surface area contributed by atoms with Gasteiger partial charge in [0.25, 0.3) is 0 Å². The van der Waals surface area contributed by atoms with Gasteiger partial charge in [-0.15, -0.1) is 0 Å². The molecule has 0 radical (unpaired) electrons. The number of benzene rings is 4. The Balaban J connectivity index is 1.54. The SMILES string of the molecule is c1ccc(CN(Cc2ccccc2)/N=N\N(Cc2ccccc2)Cc2ccccc2)cc1. The van der Waals surface area contributed by atoms with Gasteiger partial charge in [0.05, 0.1) is 26.2 Å². The highest BCUT2D eigenvalue weighted by Gasteiger charge is 2.08. The van der Waals surface area contributed by atoms with Crippen molar-refractivity contribution in [3.05, 3.63) is 144 Å². The summed E-state index contributed by atoms with van der Waals surface area (Å²) in [5.41, 5.74) is 4.83. The molecule has 0 fully saturated rings. The summed E-state index contributed by atoms with van der Waals surface area (Å²) in [6.45, 7) is 2.79. The van der Waals surface area contributed by atoms with E-state index in [1.165, 1.54) is 22.3 Å². The summed E-state index contributed by atoms with van der Waals surface area (Å²) >= 11 is 0. The van der Waals surface area contributed by atoms with Crippen LogP contribution in [0.25, 0.3) is 0 Å². The number of rotatable bonds is 10. The zero-order valence-corrected chi connectivity index (χ0v) is 18.2. The van der Waals surface area contributed by atoms with E-state index in [2.05, 4.69) is 97.1 Å². The van der Waals surface area contributed by atoms with Crippen LogP contribution in [0.1, 0.15) is 22.3 Å². The standard InChI is InChI=1S/C28H28N4/c1-5-13-25(14-6-1)21-31(22-26-15-7-2-8-16-26)29-30-32(23-27-17-9-3-10-18-27)24-28-19-11-4-12-20-28/h1-20H,21-24H2/b30-29-. The fourth-order valence-corrected chi connectivity index (χ4v) is 3.53. The monoisotopic (exact) mass is 420 g/mol. The van der Waals surface area contributed by atoms with Crippen LogP contribution in [0.15, 0.2) is 132 Å². The summed E-state index contributed by atoms with van der Waals surface area (Å²) in [6, 6.07) is 41.6. The first-order chi connectivity index (χ1) is 15.8. The first kappa shape index (κ1) is 21.3. The highest BCUT2D eigenvalue weighted by atomic mass is 15.7. The second kappa shape index (κ2) is 11.5. The minimum absolute atomic E-state index is 0.698. The predicted molar refractivity (Wildman–Crippen MR) is 129 cm³/mol. The Morgan fingerprint density at radius 2 is 0.562 bits per heavy atom. The molecule has 0 spiro atoms. The van der Waals surface area contributed by atoms with E-state index in [9.17, 15) is 0 Å². The Kier molecular flexibility index (Phi) is 7.64. The van der Waals surface area contributed by atoms with Crippen LogP contribution in [0, 0.1) is 0 Å². The van der Waals surface area contributed by atoms with Crippen molar-refractivity contribution in [3.63, 3.8) is 0 Å². The van der Waals surface area contributed by atoms with Gasteiger partial charge in [-0.05, 0) is 22.3 Å². The summed E-state index contributed by atoms with van der Waals surface area (Å²) in [5, 5.41) is 13.4. The second-order valence-corrected chi connectivity index (χ2v) is 7.77. The van der Waals surface area contributed by atoms with Gasteiger partial charge in [0.15, 0.2) is 0 Å². The maximum Gasteiger partial charge on any atom is 0.0632 e. The van der Waals surface area contributed by atoms with Gasteiger partial charge in [0, 0.05) is 0 Å². The molecule has 4 heteroatoms. The van der Waals surface area contributed by atoms with Gasteiger partial charge in [-0.3, -0.25) is 10.0 Å². The molecule has 0 amide bonds. The lowest BCUT2D eigenvalue weighted by Gasteiger charge is -2.22. The van der Waals surface area contributed by atoms with Gasteiger partial charge in [0.1, 0.15) is 0 Å². The fraction of sp³-hybridized carbons (Fsp3) is 0.143. The molecule has 0 aromatic heterocycles. The third kappa shape index (κ3) is 6.81. The molecular weight excluding hydrogens is 392 g/mol. The zero-order valence-electron chi connectivity index (χ0n) is 18.2. The Morgan fingerprint density at radius 1 is 0.344 bits per heavy atom. The summed E-state index contributed by atoms with van der Waals surface area (Å²) in [4.78, 5) is 0. The number of hydrogen-bond acceptors (Lipinski definition) is 2. The van der Waals surface area contributed by atoms with E-state index >= 15 is 0 Å². The molecule has 0 atom stereocenters. The molecule has 0 heterocycles. The third-order valence-corrected chi connectivity index (χ3v) is 5.12. The lowest BCUT2D eigenvalue weighted by molar-refractivity contribution is 0.176. The number of hydrogen-bond donors (Lipinski definition) is 0. The van der Waals surface area contributed by atoms with Crippen molar-refractivity contribution in [2.45, 2.75) is 26.2 Å². The molecule has 0 aliphatic heterocycles. The van der Waals surface area contributed by atoms with Crippen molar-refractivity contribution >= 4 is 0 Å². The van der Waals surface area contributed by atoms with Crippen molar-refractivity contribution in [1.29, 1.82) is 0 Å². The Hall–Kier alpha value is -3.92. The molecule has 0 saturated heterocycles. The van der Waals surface area contributed by atoms with Crippen molar-refractivity contribution in [1.82, 2.24) is 10.0 Å². The van der Waals surface area contributed by atoms with Crippen molar-refractivity contribution in [2.24, 2.45) is 10.4 Å². The maximum atomic E-state index is 4.69. The fourth-order valence-electron chi connectivity index (χ4n) is 3.53. The van der Waals surface area contributed by atoms with Crippen molar-refractivity contribution in [2.75, 3.05) is 0 Å². The first-order valence-electron chi connectivity index (χ1n) is 10.9. The lowest BCUT2D eigenvalue weighted by atomic mass is 10.2. The molecule has 32 heavy (non-hydrogen) atoms. The Morgan fingerprint density at radius 3 is 0.781 bits per heavy atom. The molecule has 0 unspecified atom stereocenters. The van der Waals surface area contributed by atoms with Crippen LogP contribution in [0.4, 0.5) is 0 Å². The van der Waals surface area contributed by atoms with E-state index in [4.69, 9.17) is 10.4 Å². The van der Waals surface area contributed by atoms with E-state index in [1.54, 1.807) is 0 Å². The number of nitrogens with zero attached hydrogens (tertiary/aromatic N) is 4. The maximum absolute atomic E-state index is 4.69. The molecule has 0 aliphatic rings. The van der Waals surface area contributed by atoms with E-state index in [0.717, 1.165) is 0 Å². The van der Waals surface area contributed by atoms with Crippen LogP contribution in [-0.2, 0) is 26.2 Å². The summed E-state index contributed by atoms with van der Waals surface area (Å²) in [5.74, 6) is 0. The van der Waals surface area contributed by atoms with Crippen molar-refractivity contribution in [3.8, 4) is 0 Å². The molecule has 4 nitrogen and oxygen atoms in total. The minimum atomic E-state index is 0.698. The Bertz CT molecular complexity index is 895. The average Bonchev–Trinajstić information content (AvgIpc) is 2.85. The molecule has 0 aliphatic carbocycles. The molecule has 0 saturated carbocycles. The molecule has 4 rings (SSSR count). The normalized spacial score (nSPS) is 10.9. The van der Waals surface area contributed by atoms with Crippen LogP contribution < -0.4 is 0 Å². The second-order valence-electron chi connectivity index (χ2n) is 7.77. The first-order valence-corrected chi connectivity index (χ1v) is 10.9. The smallest absolute Gasteiger partial charge is 0.0632 e. The molecule has 0 bridgehead atoms. The van der Waals surface area contributed by atoms with Gasteiger partial charge in [0.2, 0.25) is 0 Å². The van der Waals surface area contributed by atoms with Crippen LogP contribution in [0.3, 0.4) is 0 Å². The molecule has 0 N–H and O–H groups in total. The largest absolute Gasteiger partial charge is 0.268 e. The van der Waals surface area contributed by atoms with E-state index in [1.807, 2.05) is 34.3 Å². The molecule has 4 aromatic rings. The highest BCUT2D eigenvalue weighted by molar-refractivity contribution is 5.18. The van der Waals surface area contributed by atoms with Gasteiger partial charge < -0.3 is 0 Å². The quantitative estimate of drug-likeness (QED) is 0.212. The predicted octanol–water partition coefficient (Wildman–Crippen LogP) is 6.67. The van der Waals surface area contributed by atoms with Gasteiger partial charge in [-0.1, -0.05) is 132 Å². The minimum Gasteiger partial charge on any atom is -0.268 e. The highest BCUT2D eigenvalue weighted by Crippen LogP contribution is 2.14. The van der Waals surface area contributed by atoms with Gasteiger partial charge in [-0.2, -0.15) is 0 Å². The summed E-state index contributed by atoms with van der Waals surface area (Å²) < 4.78 is 0. The summed E-state index contributed by atoms with van der Waals surface area (Å²) in [6.07, 6.45) is 0.